The Morgan fingerprint density at radius 1 is 1.19 bits per heavy atom. The predicted molar refractivity (Wildman–Crippen MR) is 126 cm³/mol. The number of likely N-dealkylation sites (tertiary alicyclic amines) is 1. The SMILES string of the molecule is Cc1nnn(Cc2cc(C(F)(F)F)ccc2OCC(=O)N2CCC(CCCCCc3cn[nH]n3)CC2)n1. The Bertz CT molecular complexity index is 1140. The van der Waals surface area contributed by atoms with E-state index in [0.29, 0.717) is 24.8 Å². The Kier molecular flexibility index (Phi) is 8.72. The van der Waals surface area contributed by atoms with Crippen molar-refractivity contribution >= 4 is 5.91 Å². The molecule has 1 N–H and O–H groups in total. The largest absolute Gasteiger partial charge is 0.483 e. The minimum absolute atomic E-state index is 0.0573. The van der Waals surface area contributed by atoms with Gasteiger partial charge in [0.05, 0.1) is 24.0 Å². The first-order chi connectivity index (χ1) is 17.8. The summed E-state index contributed by atoms with van der Waals surface area (Å²) in [6.45, 7) is 2.66. The average Bonchev–Trinajstić information content (AvgIpc) is 3.54. The van der Waals surface area contributed by atoms with E-state index in [4.69, 9.17) is 4.74 Å². The minimum Gasteiger partial charge on any atom is -0.483 e. The molecule has 0 radical (unpaired) electrons. The molecule has 0 atom stereocenters. The summed E-state index contributed by atoms with van der Waals surface area (Å²) in [5.41, 5.74) is 0.406. The normalized spacial score (nSPS) is 14.8. The number of rotatable bonds is 11. The molecule has 1 aromatic carbocycles. The summed E-state index contributed by atoms with van der Waals surface area (Å²) in [7, 11) is 0. The number of hydrogen-bond donors (Lipinski definition) is 1. The predicted octanol–water partition coefficient (Wildman–Crippen LogP) is 3.59. The van der Waals surface area contributed by atoms with Crippen molar-refractivity contribution in [3.8, 4) is 5.75 Å². The lowest BCUT2D eigenvalue weighted by atomic mass is 9.91. The fraction of sp³-hybridized carbons (Fsp3) is 0.583. The lowest BCUT2D eigenvalue weighted by Crippen LogP contribution is -2.41. The monoisotopic (exact) mass is 520 g/mol. The molecule has 1 saturated heterocycles. The molecule has 3 heterocycles. The van der Waals surface area contributed by atoms with Crippen LogP contribution in [0.25, 0.3) is 0 Å². The first-order valence-corrected chi connectivity index (χ1v) is 12.5. The molecule has 2 aromatic heterocycles. The number of H-pyrrole nitrogens is 1. The molecule has 13 heteroatoms. The van der Waals surface area contributed by atoms with Gasteiger partial charge in [-0.15, -0.1) is 10.2 Å². The van der Waals surface area contributed by atoms with Crippen LogP contribution in [0.4, 0.5) is 13.2 Å². The highest BCUT2D eigenvalue weighted by molar-refractivity contribution is 5.77. The zero-order valence-corrected chi connectivity index (χ0v) is 20.7. The van der Waals surface area contributed by atoms with E-state index >= 15 is 0 Å². The Morgan fingerprint density at radius 3 is 2.68 bits per heavy atom. The number of benzene rings is 1. The zero-order valence-electron chi connectivity index (χ0n) is 20.7. The molecule has 0 bridgehead atoms. The van der Waals surface area contributed by atoms with Gasteiger partial charge >= 0.3 is 6.18 Å². The molecule has 37 heavy (non-hydrogen) atoms. The molecule has 4 rings (SSSR count). The highest BCUT2D eigenvalue weighted by atomic mass is 19.4. The van der Waals surface area contributed by atoms with Crippen molar-refractivity contribution in [3.63, 3.8) is 0 Å². The van der Waals surface area contributed by atoms with E-state index in [0.717, 1.165) is 62.8 Å². The smallest absolute Gasteiger partial charge is 0.416 e. The molecule has 1 aliphatic rings. The Hall–Kier alpha value is -3.51. The number of carbonyl (C=O) groups is 1. The summed E-state index contributed by atoms with van der Waals surface area (Å²) >= 11 is 0. The first kappa shape index (κ1) is 26.6. The van der Waals surface area contributed by atoms with Gasteiger partial charge in [0, 0.05) is 18.7 Å². The van der Waals surface area contributed by atoms with Crippen LogP contribution in [-0.2, 0) is 23.9 Å². The molecule has 200 valence electrons. The quantitative estimate of drug-likeness (QED) is 0.384. The van der Waals surface area contributed by atoms with Crippen molar-refractivity contribution in [2.24, 2.45) is 5.92 Å². The number of nitrogens with zero attached hydrogens (tertiary/aromatic N) is 7. The summed E-state index contributed by atoms with van der Waals surface area (Å²) in [4.78, 5) is 15.7. The highest BCUT2D eigenvalue weighted by Gasteiger charge is 2.31. The number of tetrazole rings is 1. The fourth-order valence-corrected chi connectivity index (χ4v) is 4.53. The minimum atomic E-state index is -4.50. The lowest BCUT2D eigenvalue weighted by molar-refractivity contribution is -0.138. The second-order valence-corrected chi connectivity index (χ2v) is 9.36. The van der Waals surface area contributed by atoms with Crippen molar-refractivity contribution in [2.45, 2.75) is 64.6 Å². The van der Waals surface area contributed by atoms with Gasteiger partial charge in [0.25, 0.3) is 5.91 Å². The number of alkyl halides is 3. The van der Waals surface area contributed by atoms with Gasteiger partial charge in [0.15, 0.2) is 12.4 Å². The van der Waals surface area contributed by atoms with Crippen LogP contribution in [0.3, 0.4) is 0 Å². The van der Waals surface area contributed by atoms with E-state index in [9.17, 15) is 18.0 Å². The van der Waals surface area contributed by atoms with E-state index in [2.05, 4.69) is 30.8 Å². The first-order valence-electron chi connectivity index (χ1n) is 12.5. The third-order valence-electron chi connectivity index (χ3n) is 6.58. The number of halogens is 3. The van der Waals surface area contributed by atoms with Gasteiger partial charge in [0.1, 0.15) is 5.75 Å². The summed E-state index contributed by atoms with van der Waals surface area (Å²) < 4.78 is 45.4. The van der Waals surface area contributed by atoms with Crippen molar-refractivity contribution < 1.29 is 22.7 Å². The molecule has 1 amide bonds. The summed E-state index contributed by atoms with van der Waals surface area (Å²) in [6, 6.07) is 3.18. The molecule has 10 nitrogen and oxygen atoms in total. The number of hydrogen-bond acceptors (Lipinski definition) is 7. The maximum Gasteiger partial charge on any atom is 0.416 e. The second-order valence-electron chi connectivity index (χ2n) is 9.36. The zero-order chi connectivity index (χ0) is 26.3. The molecule has 0 unspecified atom stereocenters. The third kappa shape index (κ3) is 7.73. The van der Waals surface area contributed by atoms with E-state index < -0.39 is 11.7 Å². The lowest BCUT2D eigenvalue weighted by Gasteiger charge is -2.32. The molecule has 0 spiro atoms. The number of piperidine rings is 1. The van der Waals surface area contributed by atoms with Crippen LogP contribution in [0.2, 0.25) is 0 Å². The van der Waals surface area contributed by atoms with Gasteiger partial charge in [-0.1, -0.05) is 19.3 Å². The maximum absolute atomic E-state index is 13.2. The van der Waals surface area contributed by atoms with Gasteiger partial charge < -0.3 is 9.64 Å². The van der Waals surface area contributed by atoms with Gasteiger partial charge in [-0.3, -0.25) is 4.79 Å². The third-order valence-corrected chi connectivity index (χ3v) is 6.58. The van der Waals surface area contributed by atoms with Crippen LogP contribution in [-0.4, -0.2) is 66.1 Å². The van der Waals surface area contributed by atoms with Crippen LogP contribution in [0.5, 0.6) is 5.75 Å². The van der Waals surface area contributed by atoms with Crippen molar-refractivity contribution in [1.29, 1.82) is 0 Å². The van der Waals surface area contributed by atoms with Crippen LogP contribution in [0.1, 0.15) is 61.2 Å². The van der Waals surface area contributed by atoms with Gasteiger partial charge in [0.2, 0.25) is 0 Å². The van der Waals surface area contributed by atoms with Crippen LogP contribution < -0.4 is 4.74 Å². The number of nitrogens with one attached hydrogen (secondary N) is 1. The molecule has 0 aliphatic carbocycles. The van der Waals surface area contributed by atoms with Crippen LogP contribution >= 0.6 is 0 Å². The van der Waals surface area contributed by atoms with Crippen molar-refractivity contribution in [3.05, 3.63) is 47.0 Å². The molecular weight excluding hydrogens is 489 g/mol. The van der Waals surface area contributed by atoms with Crippen LogP contribution in [0.15, 0.2) is 24.4 Å². The number of ether oxygens (including phenoxy) is 1. The number of carbonyl (C=O) groups excluding carboxylic acids is 1. The maximum atomic E-state index is 13.2. The average molecular weight is 521 g/mol. The fourth-order valence-electron chi connectivity index (χ4n) is 4.53. The Labute approximate surface area is 212 Å². The Morgan fingerprint density at radius 2 is 2.00 bits per heavy atom. The molecule has 3 aromatic rings. The van der Waals surface area contributed by atoms with E-state index in [-0.39, 0.29) is 30.4 Å². The van der Waals surface area contributed by atoms with Gasteiger partial charge in [-0.2, -0.15) is 33.4 Å². The molecule has 1 aliphatic heterocycles. The van der Waals surface area contributed by atoms with E-state index in [1.54, 1.807) is 18.0 Å². The Balaban J connectivity index is 1.23. The van der Waals surface area contributed by atoms with Crippen LogP contribution in [0, 0.1) is 12.8 Å². The van der Waals surface area contributed by atoms with E-state index in [1.165, 1.54) is 10.9 Å². The summed E-state index contributed by atoms with van der Waals surface area (Å²) in [5, 5.41) is 22.1. The van der Waals surface area contributed by atoms with E-state index in [1.807, 2.05) is 0 Å². The van der Waals surface area contributed by atoms with Crippen molar-refractivity contribution in [1.82, 2.24) is 40.5 Å². The molecule has 0 saturated carbocycles. The second kappa shape index (κ2) is 12.2. The molecule has 1 fully saturated rings. The number of aromatic nitrogens is 7. The topological polar surface area (TPSA) is 115 Å². The van der Waals surface area contributed by atoms with Gasteiger partial charge in [-0.25, -0.2) is 0 Å². The van der Waals surface area contributed by atoms with Crippen molar-refractivity contribution in [2.75, 3.05) is 19.7 Å². The number of amides is 1. The number of aromatic amines is 1. The number of unbranched alkanes of at least 4 members (excludes halogenated alkanes) is 2. The highest BCUT2D eigenvalue weighted by Crippen LogP contribution is 2.33. The van der Waals surface area contributed by atoms with Gasteiger partial charge in [-0.05, 0) is 61.9 Å². The summed E-state index contributed by atoms with van der Waals surface area (Å²) in [5.74, 6) is 1.01. The molecular formula is C24H31F3N8O2. The number of aryl methyl sites for hydroxylation is 2. The standard InChI is InChI=1S/C24H31F3N8O2/c1-17-29-33-35(31-17)15-19-13-20(24(25,26)27)7-8-22(19)37-16-23(36)34-11-9-18(10-12-34)5-3-2-4-6-21-14-28-32-30-21/h7-8,13-14,18H,2-6,9-12,15-16H2,1H3,(H,28,30,32). The summed E-state index contributed by atoms with van der Waals surface area (Å²) in [6.07, 6.45) is 4.58.